The highest BCUT2D eigenvalue weighted by Gasteiger charge is 2.48. The number of hydrogen-bond donors (Lipinski definition) is 1. The molecule has 2 nitrogen and oxygen atoms in total. The summed E-state index contributed by atoms with van der Waals surface area (Å²) in [5, 5.41) is 10.6. The van der Waals surface area contributed by atoms with Crippen LogP contribution in [0, 0.1) is 5.41 Å². The van der Waals surface area contributed by atoms with Crippen molar-refractivity contribution in [2.75, 3.05) is 13.3 Å². The molecule has 0 aliphatic carbocycles. The Hall–Kier alpha value is -0.570. The first kappa shape index (κ1) is 16.4. The Labute approximate surface area is 105 Å². The molecule has 0 rings (SSSR count). The van der Waals surface area contributed by atoms with E-state index in [9.17, 15) is 9.50 Å². The normalized spacial score (nSPS) is 19.6. The fourth-order valence-electron chi connectivity index (χ4n) is 2.54. The molecule has 0 fully saturated rings. The molecule has 2 atom stereocenters. The van der Waals surface area contributed by atoms with Gasteiger partial charge in [-0.15, -0.1) is 0 Å². The molecular weight excluding hydrogens is 219 g/mol. The summed E-state index contributed by atoms with van der Waals surface area (Å²) in [5.74, 6) is 0.715. The maximum Gasteiger partial charge on any atom is 0.101 e. The SMILES string of the molecule is CC=C(OCC)C(CC)(CCF)C(C)(O)CC. The van der Waals surface area contributed by atoms with E-state index in [1.165, 1.54) is 0 Å². The molecular formula is C14H27FO2. The minimum atomic E-state index is -0.954. The van der Waals surface area contributed by atoms with Gasteiger partial charge < -0.3 is 9.84 Å². The van der Waals surface area contributed by atoms with Gasteiger partial charge in [0.15, 0.2) is 0 Å². The average Bonchev–Trinajstić information content (AvgIpc) is 2.33. The molecule has 0 aliphatic heterocycles. The lowest BCUT2D eigenvalue weighted by Crippen LogP contribution is -2.47. The Bertz CT molecular complexity index is 249. The lowest BCUT2D eigenvalue weighted by atomic mass is 9.66. The zero-order chi connectivity index (χ0) is 13.5. The first-order chi connectivity index (χ1) is 7.95. The standard InChI is InChI=1S/C14H27FO2/c1-6-12(17-9-4)14(8-3,10-11-15)13(5,16)7-2/h6,16H,7-11H2,1-5H3. The molecule has 0 amide bonds. The Kier molecular flexibility index (Phi) is 6.76. The highest BCUT2D eigenvalue weighted by molar-refractivity contribution is 5.15. The predicted molar refractivity (Wildman–Crippen MR) is 69.6 cm³/mol. The van der Waals surface area contributed by atoms with Crippen LogP contribution in [0.25, 0.3) is 0 Å². The summed E-state index contributed by atoms with van der Waals surface area (Å²) in [7, 11) is 0. The van der Waals surface area contributed by atoms with E-state index in [-0.39, 0.29) is 0 Å². The van der Waals surface area contributed by atoms with E-state index in [2.05, 4.69) is 0 Å². The Morgan fingerprint density at radius 3 is 2.18 bits per heavy atom. The molecule has 0 bridgehead atoms. The van der Waals surface area contributed by atoms with Crippen molar-refractivity contribution in [1.82, 2.24) is 0 Å². The van der Waals surface area contributed by atoms with Gasteiger partial charge in [-0.3, -0.25) is 4.39 Å². The van der Waals surface area contributed by atoms with Crippen LogP contribution in [0.4, 0.5) is 4.39 Å². The quantitative estimate of drug-likeness (QED) is 0.659. The predicted octanol–water partition coefficient (Wildman–Crippen LogP) is 3.84. The van der Waals surface area contributed by atoms with Gasteiger partial charge in [0.2, 0.25) is 0 Å². The van der Waals surface area contributed by atoms with E-state index in [0.29, 0.717) is 31.6 Å². The largest absolute Gasteiger partial charge is 0.498 e. The summed E-state index contributed by atoms with van der Waals surface area (Å²) in [4.78, 5) is 0. The fraction of sp³-hybridized carbons (Fsp3) is 0.857. The van der Waals surface area contributed by atoms with Crippen LogP contribution < -0.4 is 0 Å². The second-order valence-corrected chi connectivity index (χ2v) is 4.59. The molecule has 0 radical (unpaired) electrons. The van der Waals surface area contributed by atoms with Crippen LogP contribution in [0.2, 0.25) is 0 Å². The van der Waals surface area contributed by atoms with Gasteiger partial charge in [-0.25, -0.2) is 0 Å². The van der Waals surface area contributed by atoms with Crippen LogP contribution in [0.1, 0.15) is 53.9 Å². The van der Waals surface area contributed by atoms with Crippen LogP contribution in [-0.4, -0.2) is 24.0 Å². The monoisotopic (exact) mass is 246 g/mol. The smallest absolute Gasteiger partial charge is 0.101 e. The zero-order valence-electron chi connectivity index (χ0n) is 11.8. The van der Waals surface area contributed by atoms with Gasteiger partial charge in [0, 0.05) is 0 Å². The lowest BCUT2D eigenvalue weighted by Gasteiger charge is -2.45. The number of allylic oxidation sites excluding steroid dienone is 1. The van der Waals surface area contributed by atoms with E-state index >= 15 is 0 Å². The topological polar surface area (TPSA) is 29.5 Å². The molecule has 0 aliphatic rings. The molecule has 0 heterocycles. The summed E-state index contributed by atoms with van der Waals surface area (Å²) >= 11 is 0. The summed E-state index contributed by atoms with van der Waals surface area (Å²) in [6.07, 6.45) is 3.39. The van der Waals surface area contributed by atoms with Crippen LogP contribution >= 0.6 is 0 Å². The van der Waals surface area contributed by atoms with E-state index in [0.717, 1.165) is 0 Å². The van der Waals surface area contributed by atoms with Crippen LogP contribution in [0.5, 0.6) is 0 Å². The van der Waals surface area contributed by atoms with Gasteiger partial charge in [-0.1, -0.05) is 13.8 Å². The van der Waals surface area contributed by atoms with E-state index in [1.807, 2.05) is 33.8 Å². The molecule has 0 aromatic rings. The molecule has 2 unspecified atom stereocenters. The van der Waals surface area contributed by atoms with Gasteiger partial charge in [-0.2, -0.15) is 0 Å². The highest BCUT2D eigenvalue weighted by Crippen LogP contribution is 2.47. The summed E-state index contributed by atoms with van der Waals surface area (Å²) in [5.41, 5.74) is -1.58. The summed E-state index contributed by atoms with van der Waals surface area (Å²) in [6.45, 7) is 9.53. The number of rotatable bonds is 8. The highest BCUT2D eigenvalue weighted by atomic mass is 19.1. The van der Waals surface area contributed by atoms with Crippen molar-refractivity contribution in [1.29, 1.82) is 0 Å². The van der Waals surface area contributed by atoms with Crippen molar-refractivity contribution >= 4 is 0 Å². The summed E-state index contributed by atoms with van der Waals surface area (Å²) < 4.78 is 18.5. The Morgan fingerprint density at radius 1 is 1.29 bits per heavy atom. The van der Waals surface area contributed by atoms with Crippen molar-refractivity contribution in [2.24, 2.45) is 5.41 Å². The van der Waals surface area contributed by atoms with Crippen LogP contribution in [-0.2, 0) is 4.74 Å². The molecule has 0 aromatic heterocycles. The third-order valence-electron chi connectivity index (χ3n) is 3.88. The molecule has 0 saturated heterocycles. The number of alkyl halides is 1. The summed E-state index contributed by atoms with van der Waals surface area (Å²) in [6, 6.07) is 0. The Morgan fingerprint density at radius 2 is 1.88 bits per heavy atom. The molecule has 1 N–H and O–H groups in total. The van der Waals surface area contributed by atoms with Gasteiger partial charge in [0.25, 0.3) is 0 Å². The maximum absolute atomic E-state index is 12.9. The minimum absolute atomic E-state index is 0.296. The second kappa shape index (κ2) is 7.00. The third kappa shape index (κ3) is 3.21. The van der Waals surface area contributed by atoms with Crippen molar-refractivity contribution in [3.63, 3.8) is 0 Å². The molecule has 0 spiro atoms. The molecule has 0 aromatic carbocycles. The van der Waals surface area contributed by atoms with E-state index < -0.39 is 17.7 Å². The maximum atomic E-state index is 12.9. The van der Waals surface area contributed by atoms with Gasteiger partial charge >= 0.3 is 0 Å². The molecule has 17 heavy (non-hydrogen) atoms. The number of ether oxygens (including phenoxy) is 1. The van der Waals surface area contributed by atoms with Crippen molar-refractivity contribution in [3.05, 3.63) is 11.8 Å². The number of hydrogen-bond acceptors (Lipinski definition) is 2. The molecule has 0 saturated carbocycles. The number of halogens is 1. The fourth-order valence-corrected chi connectivity index (χ4v) is 2.54. The third-order valence-corrected chi connectivity index (χ3v) is 3.88. The average molecular weight is 246 g/mol. The van der Waals surface area contributed by atoms with Crippen LogP contribution in [0.3, 0.4) is 0 Å². The molecule has 102 valence electrons. The van der Waals surface area contributed by atoms with Crippen molar-refractivity contribution in [3.8, 4) is 0 Å². The van der Waals surface area contributed by atoms with E-state index in [1.54, 1.807) is 6.92 Å². The van der Waals surface area contributed by atoms with E-state index in [4.69, 9.17) is 4.74 Å². The second-order valence-electron chi connectivity index (χ2n) is 4.59. The van der Waals surface area contributed by atoms with Crippen LogP contribution in [0.15, 0.2) is 11.8 Å². The van der Waals surface area contributed by atoms with Gasteiger partial charge in [0.1, 0.15) is 5.76 Å². The van der Waals surface area contributed by atoms with Crippen molar-refractivity contribution in [2.45, 2.75) is 59.5 Å². The number of aliphatic hydroxyl groups is 1. The van der Waals surface area contributed by atoms with Crippen molar-refractivity contribution < 1.29 is 14.2 Å². The lowest BCUT2D eigenvalue weighted by molar-refractivity contribution is -0.0885. The zero-order valence-corrected chi connectivity index (χ0v) is 11.8. The Balaban J connectivity index is 5.48. The van der Waals surface area contributed by atoms with Gasteiger partial charge in [-0.05, 0) is 46.1 Å². The molecule has 3 heteroatoms. The van der Waals surface area contributed by atoms with Gasteiger partial charge in [0.05, 0.1) is 24.3 Å². The first-order valence-electron chi connectivity index (χ1n) is 6.53. The first-order valence-corrected chi connectivity index (χ1v) is 6.53. The minimum Gasteiger partial charge on any atom is -0.498 e.